The van der Waals surface area contributed by atoms with E-state index in [0.717, 1.165) is 11.7 Å². The average Bonchev–Trinajstić information content (AvgIpc) is 2.42. The fourth-order valence-electron chi connectivity index (χ4n) is 2.93. The highest BCUT2D eigenvalue weighted by atomic mass is 16.5. The lowest BCUT2D eigenvalue weighted by atomic mass is 9.83. The minimum atomic E-state index is 0.0816. The van der Waals surface area contributed by atoms with Crippen LogP contribution in [0.5, 0.6) is 5.88 Å². The molecule has 0 radical (unpaired) electrons. The molecule has 2 rings (SSSR count). The molecular formula is C16H27N3O. The lowest BCUT2D eigenvalue weighted by Gasteiger charge is -2.32. The van der Waals surface area contributed by atoms with Crippen molar-refractivity contribution in [2.24, 2.45) is 5.92 Å². The third-order valence-corrected chi connectivity index (χ3v) is 4.00. The molecular weight excluding hydrogens is 250 g/mol. The van der Waals surface area contributed by atoms with Gasteiger partial charge in [0.2, 0.25) is 5.88 Å². The quantitative estimate of drug-likeness (QED) is 0.858. The van der Waals surface area contributed by atoms with Crippen LogP contribution in [0.2, 0.25) is 0 Å². The zero-order valence-corrected chi connectivity index (χ0v) is 12.9. The number of pyridine rings is 1. The summed E-state index contributed by atoms with van der Waals surface area (Å²) in [5.41, 5.74) is 6.51. The van der Waals surface area contributed by atoms with Crippen molar-refractivity contribution in [1.82, 2.24) is 4.98 Å². The van der Waals surface area contributed by atoms with E-state index in [4.69, 9.17) is 10.5 Å². The molecule has 2 atom stereocenters. The first-order chi connectivity index (χ1) is 9.60. The Balaban J connectivity index is 2.08. The van der Waals surface area contributed by atoms with E-state index < -0.39 is 0 Å². The molecule has 0 aliphatic heterocycles. The van der Waals surface area contributed by atoms with Crippen molar-refractivity contribution >= 4 is 11.5 Å². The number of anilines is 2. The SMILES string of the molecule is CCC1CCCCC1Nc1ccc(N)c(OC(C)C)n1. The van der Waals surface area contributed by atoms with Crippen LogP contribution in [0.1, 0.15) is 52.9 Å². The summed E-state index contributed by atoms with van der Waals surface area (Å²) >= 11 is 0. The van der Waals surface area contributed by atoms with E-state index in [9.17, 15) is 0 Å². The molecule has 0 aromatic carbocycles. The molecule has 4 nitrogen and oxygen atoms in total. The first-order valence-electron chi connectivity index (χ1n) is 7.79. The highest BCUT2D eigenvalue weighted by Crippen LogP contribution is 2.30. The van der Waals surface area contributed by atoms with E-state index >= 15 is 0 Å². The molecule has 1 aromatic rings. The van der Waals surface area contributed by atoms with Crippen molar-refractivity contribution < 1.29 is 4.74 Å². The molecule has 4 heteroatoms. The Hall–Kier alpha value is -1.45. The number of nitrogens with two attached hydrogens (primary N) is 1. The molecule has 112 valence electrons. The third kappa shape index (κ3) is 3.78. The van der Waals surface area contributed by atoms with E-state index in [-0.39, 0.29) is 6.10 Å². The maximum absolute atomic E-state index is 5.91. The second kappa shape index (κ2) is 6.82. The molecule has 1 saturated carbocycles. The van der Waals surface area contributed by atoms with Crippen molar-refractivity contribution in [2.75, 3.05) is 11.1 Å². The Morgan fingerprint density at radius 3 is 2.80 bits per heavy atom. The summed E-state index contributed by atoms with van der Waals surface area (Å²) in [6, 6.07) is 4.34. The van der Waals surface area contributed by atoms with Crippen LogP contribution in [0.4, 0.5) is 11.5 Å². The first-order valence-corrected chi connectivity index (χ1v) is 7.79. The van der Waals surface area contributed by atoms with Crippen LogP contribution in [0, 0.1) is 5.92 Å². The summed E-state index contributed by atoms with van der Waals surface area (Å²) in [7, 11) is 0. The third-order valence-electron chi connectivity index (χ3n) is 4.00. The van der Waals surface area contributed by atoms with Gasteiger partial charge in [-0.1, -0.05) is 26.2 Å². The second-order valence-corrected chi connectivity index (χ2v) is 5.96. The number of nitrogens with zero attached hydrogens (tertiary/aromatic N) is 1. The Morgan fingerprint density at radius 1 is 1.35 bits per heavy atom. The zero-order valence-electron chi connectivity index (χ0n) is 12.9. The summed E-state index contributed by atoms with van der Waals surface area (Å²) in [5.74, 6) is 2.16. The van der Waals surface area contributed by atoms with Gasteiger partial charge in [-0.25, -0.2) is 0 Å². The van der Waals surface area contributed by atoms with Crippen LogP contribution < -0.4 is 15.8 Å². The topological polar surface area (TPSA) is 60.2 Å². The van der Waals surface area contributed by atoms with Gasteiger partial charge in [-0.2, -0.15) is 4.98 Å². The molecule has 0 spiro atoms. The van der Waals surface area contributed by atoms with E-state index in [2.05, 4.69) is 17.2 Å². The summed E-state index contributed by atoms with van der Waals surface area (Å²) in [5, 5.41) is 3.58. The van der Waals surface area contributed by atoms with Crippen LogP contribution in [-0.2, 0) is 0 Å². The maximum Gasteiger partial charge on any atom is 0.239 e. The summed E-state index contributed by atoms with van der Waals surface area (Å²) < 4.78 is 5.65. The van der Waals surface area contributed by atoms with Gasteiger partial charge < -0.3 is 15.8 Å². The fraction of sp³-hybridized carbons (Fsp3) is 0.688. The number of aromatic nitrogens is 1. The van der Waals surface area contributed by atoms with Gasteiger partial charge in [-0.15, -0.1) is 0 Å². The average molecular weight is 277 g/mol. The number of nitrogen functional groups attached to an aromatic ring is 1. The highest BCUT2D eigenvalue weighted by molar-refractivity contribution is 5.54. The van der Waals surface area contributed by atoms with E-state index in [1.54, 1.807) is 0 Å². The van der Waals surface area contributed by atoms with E-state index in [1.807, 2.05) is 26.0 Å². The van der Waals surface area contributed by atoms with Crippen LogP contribution in [-0.4, -0.2) is 17.1 Å². The molecule has 1 aliphatic rings. The fourth-order valence-corrected chi connectivity index (χ4v) is 2.93. The van der Waals surface area contributed by atoms with Crippen LogP contribution >= 0.6 is 0 Å². The Morgan fingerprint density at radius 2 is 2.10 bits per heavy atom. The number of hydrogen-bond donors (Lipinski definition) is 2. The van der Waals surface area contributed by atoms with Gasteiger partial charge >= 0.3 is 0 Å². The molecule has 3 N–H and O–H groups in total. The molecule has 2 unspecified atom stereocenters. The predicted molar refractivity (Wildman–Crippen MR) is 84.1 cm³/mol. The molecule has 1 fully saturated rings. The van der Waals surface area contributed by atoms with Gasteiger partial charge in [0.1, 0.15) is 5.82 Å². The molecule has 1 aromatic heterocycles. The molecule has 20 heavy (non-hydrogen) atoms. The van der Waals surface area contributed by atoms with Crippen LogP contribution in [0.15, 0.2) is 12.1 Å². The number of nitrogens with one attached hydrogen (secondary N) is 1. The van der Waals surface area contributed by atoms with Crippen molar-refractivity contribution in [3.8, 4) is 5.88 Å². The smallest absolute Gasteiger partial charge is 0.239 e. The lowest BCUT2D eigenvalue weighted by Crippen LogP contribution is -2.32. The second-order valence-electron chi connectivity index (χ2n) is 5.96. The Labute approximate surface area is 122 Å². The van der Waals surface area contributed by atoms with Gasteiger partial charge in [0.25, 0.3) is 0 Å². The number of ether oxygens (including phenoxy) is 1. The predicted octanol–water partition coefficient (Wildman–Crippen LogP) is 3.83. The van der Waals surface area contributed by atoms with Crippen molar-refractivity contribution in [3.63, 3.8) is 0 Å². The minimum absolute atomic E-state index is 0.0816. The molecule has 0 saturated heterocycles. The summed E-state index contributed by atoms with van der Waals surface area (Å²) in [4.78, 5) is 4.52. The molecule has 0 amide bonds. The maximum atomic E-state index is 5.91. The van der Waals surface area contributed by atoms with Crippen molar-refractivity contribution in [3.05, 3.63) is 12.1 Å². The molecule has 1 heterocycles. The van der Waals surface area contributed by atoms with Gasteiger partial charge in [-0.3, -0.25) is 0 Å². The molecule has 1 aliphatic carbocycles. The number of hydrogen-bond acceptors (Lipinski definition) is 4. The first kappa shape index (κ1) is 14.9. The van der Waals surface area contributed by atoms with Gasteiger partial charge in [-0.05, 0) is 44.7 Å². The van der Waals surface area contributed by atoms with Gasteiger partial charge in [0.05, 0.1) is 11.8 Å². The summed E-state index contributed by atoms with van der Waals surface area (Å²) in [6.07, 6.45) is 6.51. The lowest BCUT2D eigenvalue weighted by molar-refractivity contribution is 0.234. The molecule has 0 bridgehead atoms. The zero-order chi connectivity index (χ0) is 14.5. The van der Waals surface area contributed by atoms with Gasteiger partial charge in [0.15, 0.2) is 0 Å². The highest BCUT2D eigenvalue weighted by Gasteiger charge is 2.23. The monoisotopic (exact) mass is 277 g/mol. The van der Waals surface area contributed by atoms with Crippen LogP contribution in [0.25, 0.3) is 0 Å². The van der Waals surface area contributed by atoms with Crippen molar-refractivity contribution in [1.29, 1.82) is 0 Å². The number of rotatable bonds is 5. The normalized spacial score (nSPS) is 22.8. The van der Waals surface area contributed by atoms with Gasteiger partial charge in [0, 0.05) is 6.04 Å². The largest absolute Gasteiger partial charge is 0.473 e. The summed E-state index contributed by atoms with van der Waals surface area (Å²) in [6.45, 7) is 6.24. The van der Waals surface area contributed by atoms with Crippen molar-refractivity contribution in [2.45, 2.75) is 65.0 Å². The Bertz CT molecular complexity index is 434. The minimum Gasteiger partial charge on any atom is -0.473 e. The Kier molecular flexibility index (Phi) is 5.10. The van der Waals surface area contributed by atoms with Crippen LogP contribution in [0.3, 0.4) is 0 Å². The standard InChI is InChI=1S/C16H27N3O/c1-4-12-7-5-6-8-14(12)18-15-10-9-13(17)16(19-15)20-11(2)3/h9-12,14H,4-8,17H2,1-3H3,(H,18,19). The van der Waals surface area contributed by atoms with E-state index in [0.29, 0.717) is 17.6 Å². The van der Waals surface area contributed by atoms with E-state index in [1.165, 1.54) is 32.1 Å².